The molecule has 0 N–H and O–H groups in total. The van der Waals surface area contributed by atoms with Gasteiger partial charge in [-0.3, -0.25) is 9.36 Å². The molecule has 1 aliphatic rings. The highest BCUT2D eigenvalue weighted by atomic mass is 16.6. The highest BCUT2D eigenvalue weighted by Gasteiger charge is 2.23. The summed E-state index contributed by atoms with van der Waals surface area (Å²) in [6, 6.07) is 2.38. The molecule has 0 bridgehead atoms. The molecule has 0 amide bonds. The minimum atomic E-state index is 0.292. The second-order valence-electron chi connectivity index (χ2n) is 7.22. The smallest absolute Gasteiger partial charge is 0.100 e. The number of nitrogens with zero attached hydrogens (tertiary/aromatic N) is 7. The van der Waals surface area contributed by atoms with Gasteiger partial charge < -0.3 is 4.74 Å². The van der Waals surface area contributed by atoms with Gasteiger partial charge >= 0.3 is 0 Å². The largest absolute Gasteiger partial charge is 0.371 e. The molecule has 1 saturated heterocycles. The zero-order valence-corrected chi connectivity index (χ0v) is 16.1. The molecule has 144 valence electrons. The Bertz CT molecular complexity index is 1100. The van der Waals surface area contributed by atoms with Crippen LogP contribution in [0.15, 0.2) is 43.2 Å². The summed E-state index contributed by atoms with van der Waals surface area (Å²) in [5.41, 5.74) is 4.64. The van der Waals surface area contributed by atoms with Gasteiger partial charge in [0.1, 0.15) is 6.10 Å². The quantitative estimate of drug-likeness (QED) is 0.462. The average molecular weight is 377 g/mol. The maximum atomic E-state index is 5.29. The van der Waals surface area contributed by atoms with Gasteiger partial charge in [0, 0.05) is 23.5 Å². The van der Waals surface area contributed by atoms with Crippen LogP contribution in [-0.2, 0) is 11.3 Å². The number of fused-ring (bicyclic) bond motifs is 1. The normalized spacial score (nSPS) is 16.3. The first-order valence-electron chi connectivity index (χ1n) is 9.78. The number of epoxide rings is 1. The van der Waals surface area contributed by atoms with Crippen molar-refractivity contribution in [3.8, 4) is 22.5 Å². The predicted octanol–water partition coefficient (Wildman–Crippen LogP) is 3.22. The van der Waals surface area contributed by atoms with Crippen LogP contribution >= 0.6 is 0 Å². The van der Waals surface area contributed by atoms with Crippen molar-refractivity contribution >= 4 is 5.52 Å². The topological polar surface area (TPSA) is 78.4 Å². The number of hydrogen-bond acceptors (Lipinski definition) is 5. The summed E-state index contributed by atoms with van der Waals surface area (Å²) in [5, 5.41) is 13.5. The van der Waals surface area contributed by atoms with Crippen molar-refractivity contribution in [2.45, 2.75) is 45.4 Å². The van der Waals surface area contributed by atoms with Crippen LogP contribution in [0, 0.1) is 0 Å². The van der Waals surface area contributed by atoms with E-state index in [1.165, 1.54) is 0 Å². The molecule has 0 spiro atoms. The van der Waals surface area contributed by atoms with Crippen LogP contribution in [0.5, 0.6) is 0 Å². The Hall–Kier alpha value is -3.00. The van der Waals surface area contributed by atoms with Crippen LogP contribution in [0.2, 0.25) is 0 Å². The van der Waals surface area contributed by atoms with E-state index in [2.05, 4.69) is 35.3 Å². The molecule has 0 saturated carbocycles. The molecule has 1 atom stereocenters. The van der Waals surface area contributed by atoms with Crippen LogP contribution in [0.4, 0.5) is 0 Å². The lowest BCUT2D eigenvalue weighted by atomic mass is 10.1. The minimum Gasteiger partial charge on any atom is -0.371 e. The molecule has 0 aromatic carbocycles. The van der Waals surface area contributed by atoms with E-state index in [0.29, 0.717) is 12.1 Å². The van der Waals surface area contributed by atoms with E-state index < -0.39 is 0 Å². The molecule has 0 unspecified atom stereocenters. The second kappa shape index (κ2) is 6.87. The van der Waals surface area contributed by atoms with Gasteiger partial charge in [0.25, 0.3) is 0 Å². The van der Waals surface area contributed by atoms with E-state index in [1.54, 1.807) is 6.20 Å². The molecule has 0 radical (unpaired) electrons. The van der Waals surface area contributed by atoms with Crippen molar-refractivity contribution in [1.29, 1.82) is 0 Å². The van der Waals surface area contributed by atoms with Crippen LogP contribution in [0.1, 0.15) is 32.7 Å². The Kier molecular flexibility index (Phi) is 4.20. The van der Waals surface area contributed by atoms with Crippen molar-refractivity contribution in [2.75, 3.05) is 6.61 Å². The summed E-state index contributed by atoms with van der Waals surface area (Å²) in [7, 11) is 0. The van der Waals surface area contributed by atoms with Gasteiger partial charge in [-0.2, -0.15) is 15.3 Å². The van der Waals surface area contributed by atoms with Crippen molar-refractivity contribution in [1.82, 2.24) is 34.2 Å². The molecule has 0 aliphatic carbocycles. The zero-order chi connectivity index (χ0) is 19.1. The van der Waals surface area contributed by atoms with E-state index in [1.807, 2.05) is 44.7 Å². The Morgan fingerprint density at radius 2 is 1.89 bits per heavy atom. The molecule has 1 aliphatic heterocycles. The Balaban J connectivity index is 1.55. The van der Waals surface area contributed by atoms with Gasteiger partial charge in [-0.15, -0.1) is 0 Å². The Morgan fingerprint density at radius 3 is 2.68 bits per heavy atom. The summed E-state index contributed by atoms with van der Waals surface area (Å²) >= 11 is 0. The first kappa shape index (κ1) is 17.1. The van der Waals surface area contributed by atoms with E-state index >= 15 is 0 Å². The molecule has 5 rings (SSSR count). The van der Waals surface area contributed by atoms with Gasteiger partial charge in [0.05, 0.1) is 60.9 Å². The van der Waals surface area contributed by atoms with Gasteiger partial charge in [0.15, 0.2) is 0 Å². The van der Waals surface area contributed by atoms with Crippen molar-refractivity contribution in [2.24, 2.45) is 0 Å². The number of ether oxygens (including phenoxy) is 1. The summed E-state index contributed by atoms with van der Waals surface area (Å²) in [6.07, 6.45) is 14.0. The molecule has 5 heterocycles. The second-order valence-corrected chi connectivity index (χ2v) is 7.22. The fourth-order valence-corrected chi connectivity index (χ4v) is 3.58. The van der Waals surface area contributed by atoms with Crippen molar-refractivity contribution in [3.63, 3.8) is 0 Å². The highest BCUT2D eigenvalue weighted by molar-refractivity contribution is 5.78. The minimum absolute atomic E-state index is 0.292. The lowest BCUT2D eigenvalue weighted by molar-refractivity contribution is 0.373. The molecule has 4 aromatic rings. The summed E-state index contributed by atoms with van der Waals surface area (Å²) in [6.45, 7) is 5.97. The zero-order valence-electron chi connectivity index (χ0n) is 16.1. The molecule has 28 heavy (non-hydrogen) atoms. The summed E-state index contributed by atoms with van der Waals surface area (Å²) in [4.78, 5) is 4.95. The first-order chi connectivity index (χ1) is 13.7. The molecule has 1 fully saturated rings. The van der Waals surface area contributed by atoms with Crippen molar-refractivity contribution < 1.29 is 4.74 Å². The lowest BCUT2D eigenvalue weighted by Gasteiger charge is -2.12. The fourth-order valence-electron chi connectivity index (χ4n) is 3.58. The standard InChI is InChI=1S/C20H23N7O/c1-3-16(4-2)26-10-15(8-23-26)20-19-5-6-21-27(19)12-18(24-20)14-7-22-25(9-14)11-17-13-28-17/h5-10,12,16-17H,3-4,11,13H2,1-2H3/t17-/m1/s1. The van der Waals surface area contributed by atoms with Crippen molar-refractivity contribution in [3.05, 3.63) is 43.2 Å². The fraction of sp³-hybridized carbons (Fsp3) is 0.400. The predicted molar refractivity (Wildman–Crippen MR) is 105 cm³/mol. The van der Waals surface area contributed by atoms with Gasteiger partial charge in [-0.05, 0) is 18.9 Å². The number of hydrogen-bond donors (Lipinski definition) is 0. The average Bonchev–Trinajstić information content (AvgIpc) is 3.11. The summed E-state index contributed by atoms with van der Waals surface area (Å²) in [5.74, 6) is 0. The first-order valence-corrected chi connectivity index (χ1v) is 9.78. The van der Waals surface area contributed by atoms with Crippen LogP contribution in [-0.4, -0.2) is 46.9 Å². The summed E-state index contributed by atoms with van der Waals surface area (Å²) < 4.78 is 11.1. The molecule has 4 aromatic heterocycles. The number of aromatic nitrogens is 7. The molecular weight excluding hydrogens is 354 g/mol. The van der Waals surface area contributed by atoms with Gasteiger partial charge in [-0.1, -0.05) is 13.8 Å². The maximum Gasteiger partial charge on any atom is 0.100 e. The van der Waals surface area contributed by atoms with Crippen LogP contribution < -0.4 is 0 Å². The third-order valence-electron chi connectivity index (χ3n) is 5.30. The van der Waals surface area contributed by atoms with Gasteiger partial charge in [-0.25, -0.2) is 9.50 Å². The molecule has 8 heteroatoms. The third-order valence-corrected chi connectivity index (χ3v) is 5.30. The number of rotatable bonds is 7. The van der Waals surface area contributed by atoms with E-state index in [9.17, 15) is 0 Å². The monoisotopic (exact) mass is 377 g/mol. The maximum absolute atomic E-state index is 5.29. The van der Waals surface area contributed by atoms with Gasteiger partial charge in [0.2, 0.25) is 0 Å². The molecule has 8 nitrogen and oxygen atoms in total. The Labute approximate surface area is 162 Å². The Morgan fingerprint density at radius 1 is 1.07 bits per heavy atom. The lowest BCUT2D eigenvalue weighted by Crippen LogP contribution is -2.06. The van der Waals surface area contributed by atoms with Crippen LogP contribution in [0.3, 0.4) is 0 Å². The SMILES string of the molecule is CCC(CC)n1cc(-c2nc(-c3cnn(C[C@@H]4CO4)c3)cn3nccc23)cn1. The van der Waals surface area contributed by atoms with E-state index in [4.69, 9.17) is 9.72 Å². The molecular formula is C20H23N7O. The van der Waals surface area contributed by atoms with Crippen LogP contribution in [0.25, 0.3) is 28.0 Å². The highest BCUT2D eigenvalue weighted by Crippen LogP contribution is 2.28. The third kappa shape index (κ3) is 3.09. The van der Waals surface area contributed by atoms with E-state index in [-0.39, 0.29) is 0 Å². The van der Waals surface area contributed by atoms with E-state index in [0.717, 1.165) is 54.0 Å².